The Labute approximate surface area is 69.5 Å². The van der Waals surface area contributed by atoms with Gasteiger partial charge >= 0.3 is 0 Å². The Morgan fingerprint density at radius 3 is 2.50 bits per heavy atom. The molecule has 0 aromatic heterocycles. The number of nitriles is 1. The van der Waals surface area contributed by atoms with Crippen molar-refractivity contribution in [3.63, 3.8) is 0 Å². The predicted octanol–water partition coefficient (Wildman–Crippen LogP) is -1.11. The molecule has 1 rings (SSSR count). The topological polar surface area (TPSA) is 96.0 Å². The van der Waals surface area contributed by atoms with Crippen LogP contribution in [0.4, 0.5) is 0 Å². The highest BCUT2D eigenvalue weighted by atomic mass is 16.2. The molecule has 5 heteroatoms. The summed E-state index contributed by atoms with van der Waals surface area (Å²) in [7, 11) is 0. The highest BCUT2D eigenvalue weighted by Gasteiger charge is 2.50. The third kappa shape index (κ3) is 1.53. The first-order valence-corrected chi connectivity index (χ1v) is 3.58. The largest absolute Gasteiger partial charge is 0.368 e. The average molecular weight is 167 g/mol. The van der Waals surface area contributed by atoms with Crippen LogP contribution in [0.15, 0.2) is 0 Å². The van der Waals surface area contributed by atoms with Gasteiger partial charge in [-0.3, -0.25) is 9.59 Å². The van der Waals surface area contributed by atoms with Crippen molar-refractivity contribution in [2.45, 2.75) is 12.8 Å². The zero-order valence-electron chi connectivity index (χ0n) is 6.46. The molecule has 0 bridgehead atoms. The van der Waals surface area contributed by atoms with Crippen molar-refractivity contribution in [3.05, 3.63) is 0 Å². The van der Waals surface area contributed by atoms with Crippen LogP contribution in [-0.2, 0) is 9.59 Å². The summed E-state index contributed by atoms with van der Waals surface area (Å²) < 4.78 is 0. The van der Waals surface area contributed by atoms with Crippen molar-refractivity contribution >= 4 is 11.8 Å². The number of amides is 2. The van der Waals surface area contributed by atoms with Gasteiger partial charge < -0.3 is 11.1 Å². The summed E-state index contributed by atoms with van der Waals surface area (Å²) in [5.41, 5.74) is 3.94. The zero-order chi connectivity index (χ0) is 9.19. The molecule has 0 unspecified atom stereocenters. The molecule has 0 radical (unpaired) electrons. The SMILES string of the molecule is N#CC1(C(=O)NCC(N)=O)CC1. The van der Waals surface area contributed by atoms with E-state index in [1.807, 2.05) is 6.07 Å². The summed E-state index contributed by atoms with van der Waals surface area (Å²) >= 11 is 0. The molecule has 1 saturated carbocycles. The molecule has 0 heterocycles. The van der Waals surface area contributed by atoms with Gasteiger partial charge in [-0.2, -0.15) is 5.26 Å². The lowest BCUT2D eigenvalue weighted by molar-refractivity contribution is -0.127. The molecule has 0 aliphatic heterocycles. The van der Waals surface area contributed by atoms with Crippen LogP contribution in [0.2, 0.25) is 0 Å². The normalized spacial score (nSPS) is 17.6. The highest BCUT2D eigenvalue weighted by Crippen LogP contribution is 2.44. The number of hydrogen-bond donors (Lipinski definition) is 2. The van der Waals surface area contributed by atoms with Gasteiger partial charge in [-0.15, -0.1) is 0 Å². The highest BCUT2D eigenvalue weighted by molar-refractivity contribution is 5.91. The fraction of sp³-hybridized carbons (Fsp3) is 0.571. The van der Waals surface area contributed by atoms with Crippen molar-refractivity contribution in [3.8, 4) is 6.07 Å². The van der Waals surface area contributed by atoms with Crippen molar-refractivity contribution in [2.24, 2.45) is 11.1 Å². The van der Waals surface area contributed by atoms with Crippen LogP contribution in [0.3, 0.4) is 0 Å². The maximum atomic E-state index is 11.1. The van der Waals surface area contributed by atoms with Gasteiger partial charge in [-0.25, -0.2) is 0 Å². The third-order valence-electron chi connectivity index (χ3n) is 1.82. The Bertz CT molecular complexity index is 262. The van der Waals surface area contributed by atoms with E-state index in [0.29, 0.717) is 12.8 Å². The second-order valence-electron chi connectivity index (χ2n) is 2.84. The van der Waals surface area contributed by atoms with E-state index in [1.165, 1.54) is 0 Å². The summed E-state index contributed by atoms with van der Waals surface area (Å²) in [6.45, 7) is -0.192. The molecule has 5 nitrogen and oxygen atoms in total. The van der Waals surface area contributed by atoms with E-state index in [4.69, 9.17) is 11.0 Å². The first-order valence-electron chi connectivity index (χ1n) is 3.58. The Balaban J connectivity index is 2.40. The van der Waals surface area contributed by atoms with Crippen LogP contribution >= 0.6 is 0 Å². The summed E-state index contributed by atoms with van der Waals surface area (Å²) in [5, 5.41) is 10.9. The molecule has 0 aromatic rings. The number of hydrogen-bond acceptors (Lipinski definition) is 3. The number of rotatable bonds is 3. The molecule has 1 aliphatic rings. The number of nitrogens with two attached hydrogens (primary N) is 1. The molecular formula is C7H9N3O2. The number of carbonyl (C=O) groups is 2. The maximum Gasteiger partial charge on any atom is 0.240 e. The zero-order valence-corrected chi connectivity index (χ0v) is 6.46. The second-order valence-corrected chi connectivity index (χ2v) is 2.84. The first-order chi connectivity index (χ1) is 5.60. The molecule has 1 fully saturated rings. The van der Waals surface area contributed by atoms with Crippen LogP contribution in [0.25, 0.3) is 0 Å². The monoisotopic (exact) mass is 167 g/mol. The first kappa shape index (κ1) is 8.53. The molecule has 0 atom stereocenters. The molecule has 64 valence electrons. The second kappa shape index (κ2) is 2.81. The van der Waals surface area contributed by atoms with E-state index in [0.717, 1.165) is 0 Å². The van der Waals surface area contributed by atoms with E-state index in [-0.39, 0.29) is 12.5 Å². The lowest BCUT2D eigenvalue weighted by atomic mass is 10.1. The molecule has 1 aliphatic carbocycles. The lowest BCUT2D eigenvalue weighted by Crippen LogP contribution is -2.37. The smallest absolute Gasteiger partial charge is 0.240 e. The van der Waals surface area contributed by atoms with E-state index < -0.39 is 11.3 Å². The third-order valence-corrected chi connectivity index (χ3v) is 1.82. The Hall–Kier alpha value is -1.57. The molecule has 0 spiro atoms. The van der Waals surface area contributed by atoms with Crippen molar-refractivity contribution < 1.29 is 9.59 Å². The van der Waals surface area contributed by atoms with Gasteiger partial charge in [-0.1, -0.05) is 0 Å². The van der Waals surface area contributed by atoms with Gasteiger partial charge in [0.1, 0.15) is 5.41 Å². The number of carbonyl (C=O) groups excluding carboxylic acids is 2. The Morgan fingerprint density at radius 1 is 1.58 bits per heavy atom. The lowest BCUT2D eigenvalue weighted by Gasteiger charge is -2.04. The van der Waals surface area contributed by atoms with E-state index in [9.17, 15) is 9.59 Å². The van der Waals surface area contributed by atoms with Gasteiger partial charge in [0.15, 0.2) is 0 Å². The summed E-state index contributed by atoms with van der Waals surface area (Å²) in [6, 6.07) is 1.91. The number of primary amides is 1. The minimum absolute atomic E-state index is 0.192. The maximum absolute atomic E-state index is 11.1. The standard InChI is InChI=1S/C7H9N3O2/c8-4-7(1-2-7)6(12)10-3-5(9)11/h1-3H2,(H2,9,11)(H,10,12). The number of nitrogens with one attached hydrogen (secondary N) is 1. The van der Waals surface area contributed by atoms with E-state index in [2.05, 4.69) is 5.32 Å². The van der Waals surface area contributed by atoms with E-state index in [1.54, 1.807) is 0 Å². The molecule has 3 N–H and O–H groups in total. The summed E-state index contributed by atoms with van der Waals surface area (Å²) in [5.74, 6) is -0.985. The van der Waals surface area contributed by atoms with Gasteiger partial charge in [0.05, 0.1) is 12.6 Å². The van der Waals surface area contributed by atoms with Crippen LogP contribution in [0.5, 0.6) is 0 Å². The molecule has 2 amide bonds. The summed E-state index contributed by atoms with van der Waals surface area (Å²) in [4.78, 5) is 21.4. The molecule has 12 heavy (non-hydrogen) atoms. The van der Waals surface area contributed by atoms with Crippen LogP contribution in [0, 0.1) is 16.7 Å². The Morgan fingerprint density at radius 2 is 2.17 bits per heavy atom. The fourth-order valence-corrected chi connectivity index (χ4v) is 0.851. The molecule has 0 aromatic carbocycles. The van der Waals surface area contributed by atoms with Gasteiger partial charge in [0.25, 0.3) is 0 Å². The molecular weight excluding hydrogens is 158 g/mol. The fourth-order valence-electron chi connectivity index (χ4n) is 0.851. The van der Waals surface area contributed by atoms with Crippen LogP contribution < -0.4 is 11.1 Å². The van der Waals surface area contributed by atoms with Crippen molar-refractivity contribution in [2.75, 3.05) is 6.54 Å². The Kier molecular flexibility index (Phi) is 2.00. The van der Waals surface area contributed by atoms with Crippen molar-refractivity contribution in [1.82, 2.24) is 5.32 Å². The van der Waals surface area contributed by atoms with E-state index >= 15 is 0 Å². The minimum Gasteiger partial charge on any atom is -0.368 e. The predicted molar refractivity (Wildman–Crippen MR) is 39.5 cm³/mol. The van der Waals surface area contributed by atoms with Gasteiger partial charge in [-0.05, 0) is 12.8 Å². The molecule has 0 saturated heterocycles. The van der Waals surface area contributed by atoms with Crippen LogP contribution in [-0.4, -0.2) is 18.4 Å². The van der Waals surface area contributed by atoms with Crippen molar-refractivity contribution in [1.29, 1.82) is 5.26 Å². The summed E-state index contributed by atoms with van der Waals surface area (Å²) in [6.07, 6.45) is 1.15. The van der Waals surface area contributed by atoms with Gasteiger partial charge in [0, 0.05) is 0 Å². The number of nitrogens with zero attached hydrogens (tertiary/aromatic N) is 1. The van der Waals surface area contributed by atoms with Crippen LogP contribution in [0.1, 0.15) is 12.8 Å². The van der Waals surface area contributed by atoms with Gasteiger partial charge in [0.2, 0.25) is 11.8 Å². The minimum atomic E-state index is -0.866. The quantitative estimate of drug-likeness (QED) is 0.557. The average Bonchev–Trinajstić information content (AvgIpc) is 2.80.